The third-order valence-corrected chi connectivity index (χ3v) is 3.21. The van der Waals surface area contributed by atoms with Gasteiger partial charge in [-0.3, -0.25) is 0 Å². The SMILES string of the molecule is CCCOC(=O)c1ccccc1C(=O)OC(CC)C(C)C. The molecule has 0 aliphatic heterocycles. The number of hydrogen-bond acceptors (Lipinski definition) is 4. The van der Waals surface area contributed by atoms with Gasteiger partial charge in [0.25, 0.3) is 0 Å². The molecule has 1 aromatic carbocycles. The lowest BCUT2D eigenvalue weighted by atomic mass is 10.0. The normalized spacial score (nSPS) is 12.0. The molecule has 0 radical (unpaired) electrons. The second-order valence-corrected chi connectivity index (χ2v) is 5.28. The second-order valence-electron chi connectivity index (χ2n) is 5.28. The minimum atomic E-state index is -0.484. The van der Waals surface area contributed by atoms with Crippen LogP contribution in [0, 0.1) is 5.92 Å². The van der Waals surface area contributed by atoms with Crippen molar-refractivity contribution < 1.29 is 19.1 Å². The van der Waals surface area contributed by atoms with Gasteiger partial charge < -0.3 is 9.47 Å². The van der Waals surface area contributed by atoms with Crippen molar-refractivity contribution in [3.8, 4) is 0 Å². The van der Waals surface area contributed by atoms with E-state index >= 15 is 0 Å². The fourth-order valence-electron chi connectivity index (χ4n) is 2.00. The summed E-state index contributed by atoms with van der Waals surface area (Å²) in [5.41, 5.74) is 0.521. The topological polar surface area (TPSA) is 52.6 Å². The molecule has 4 heteroatoms. The molecule has 0 heterocycles. The molecule has 0 aliphatic carbocycles. The average Bonchev–Trinajstić information content (AvgIpc) is 2.49. The molecule has 4 nitrogen and oxygen atoms in total. The maximum atomic E-state index is 12.3. The van der Waals surface area contributed by atoms with E-state index in [2.05, 4.69) is 0 Å². The van der Waals surface area contributed by atoms with Crippen LogP contribution < -0.4 is 0 Å². The molecule has 0 aliphatic rings. The van der Waals surface area contributed by atoms with E-state index in [1.807, 2.05) is 27.7 Å². The largest absolute Gasteiger partial charge is 0.462 e. The Bertz CT molecular complexity index is 479. The predicted octanol–water partition coefficient (Wildman–Crippen LogP) is 3.84. The maximum absolute atomic E-state index is 12.3. The molecule has 0 N–H and O–H groups in total. The van der Waals surface area contributed by atoms with Crippen molar-refractivity contribution in [1.29, 1.82) is 0 Å². The summed E-state index contributed by atoms with van der Waals surface area (Å²) in [7, 11) is 0. The van der Waals surface area contributed by atoms with Crippen LogP contribution in [0.4, 0.5) is 0 Å². The number of hydrogen-bond donors (Lipinski definition) is 0. The molecule has 0 fully saturated rings. The Morgan fingerprint density at radius 3 is 2.10 bits per heavy atom. The first-order valence-electron chi connectivity index (χ1n) is 7.48. The Hall–Kier alpha value is -1.84. The van der Waals surface area contributed by atoms with Gasteiger partial charge in [-0.25, -0.2) is 9.59 Å². The number of rotatable bonds is 7. The molecule has 21 heavy (non-hydrogen) atoms. The summed E-state index contributed by atoms with van der Waals surface area (Å²) in [6.45, 7) is 8.23. The van der Waals surface area contributed by atoms with Crippen LogP contribution in [0.2, 0.25) is 0 Å². The van der Waals surface area contributed by atoms with E-state index in [0.29, 0.717) is 6.61 Å². The number of esters is 2. The molecule has 0 spiro atoms. The zero-order valence-electron chi connectivity index (χ0n) is 13.2. The maximum Gasteiger partial charge on any atom is 0.339 e. The molecule has 1 rings (SSSR count). The number of ether oxygens (including phenoxy) is 2. The third-order valence-electron chi connectivity index (χ3n) is 3.21. The molecular formula is C17H24O4. The highest BCUT2D eigenvalue weighted by Gasteiger charge is 2.22. The van der Waals surface area contributed by atoms with Crippen LogP contribution in [0.25, 0.3) is 0 Å². The standard InChI is InChI=1S/C17H24O4/c1-5-11-20-16(18)13-9-7-8-10-14(13)17(19)21-15(6-2)12(3)4/h7-10,12,15H,5-6,11H2,1-4H3. The first kappa shape index (κ1) is 17.2. The Labute approximate surface area is 126 Å². The highest BCUT2D eigenvalue weighted by Crippen LogP contribution is 2.17. The first-order chi connectivity index (χ1) is 10.0. The molecular weight excluding hydrogens is 268 g/mol. The van der Waals surface area contributed by atoms with Crippen LogP contribution >= 0.6 is 0 Å². The van der Waals surface area contributed by atoms with Crippen molar-refractivity contribution in [1.82, 2.24) is 0 Å². The van der Waals surface area contributed by atoms with Crippen molar-refractivity contribution >= 4 is 11.9 Å². The minimum absolute atomic E-state index is 0.155. The predicted molar refractivity (Wildman–Crippen MR) is 81.3 cm³/mol. The second kappa shape index (κ2) is 8.45. The van der Waals surface area contributed by atoms with Gasteiger partial charge in [0.1, 0.15) is 6.10 Å². The van der Waals surface area contributed by atoms with Gasteiger partial charge in [-0.15, -0.1) is 0 Å². The lowest BCUT2D eigenvalue weighted by Gasteiger charge is -2.20. The highest BCUT2D eigenvalue weighted by molar-refractivity contribution is 6.03. The van der Waals surface area contributed by atoms with Gasteiger partial charge in [-0.2, -0.15) is 0 Å². The van der Waals surface area contributed by atoms with Gasteiger partial charge in [0.2, 0.25) is 0 Å². The van der Waals surface area contributed by atoms with Gasteiger partial charge >= 0.3 is 11.9 Å². The molecule has 0 saturated carbocycles. The zero-order chi connectivity index (χ0) is 15.8. The molecule has 1 unspecified atom stereocenters. The summed E-state index contributed by atoms with van der Waals surface area (Å²) in [4.78, 5) is 24.3. The molecule has 0 saturated heterocycles. The van der Waals surface area contributed by atoms with E-state index < -0.39 is 11.9 Å². The summed E-state index contributed by atoms with van der Waals surface area (Å²) in [5, 5.41) is 0. The molecule has 0 amide bonds. The highest BCUT2D eigenvalue weighted by atomic mass is 16.5. The van der Waals surface area contributed by atoms with E-state index in [1.165, 1.54) is 0 Å². The summed E-state index contributed by atoms with van der Waals surface area (Å²) in [5.74, 6) is -0.722. The van der Waals surface area contributed by atoms with E-state index in [1.54, 1.807) is 24.3 Å². The van der Waals surface area contributed by atoms with Crippen molar-refractivity contribution in [3.63, 3.8) is 0 Å². The molecule has 116 valence electrons. The van der Waals surface area contributed by atoms with Crippen LogP contribution in [-0.2, 0) is 9.47 Å². The van der Waals surface area contributed by atoms with Crippen LogP contribution in [0.1, 0.15) is 61.3 Å². The summed E-state index contributed by atoms with van der Waals surface area (Å²) < 4.78 is 10.6. The van der Waals surface area contributed by atoms with Crippen LogP contribution in [0.5, 0.6) is 0 Å². The van der Waals surface area contributed by atoms with Gasteiger partial charge in [-0.1, -0.05) is 39.8 Å². The minimum Gasteiger partial charge on any atom is -0.462 e. The third kappa shape index (κ3) is 4.88. The van der Waals surface area contributed by atoms with E-state index in [-0.39, 0.29) is 23.1 Å². The van der Waals surface area contributed by atoms with E-state index in [4.69, 9.17) is 9.47 Å². The summed E-state index contributed by atoms with van der Waals surface area (Å²) in [6.07, 6.45) is 1.33. The lowest BCUT2D eigenvalue weighted by Crippen LogP contribution is -2.24. The zero-order valence-corrected chi connectivity index (χ0v) is 13.2. The summed E-state index contributed by atoms with van der Waals surface area (Å²) in [6, 6.07) is 6.60. The molecule has 0 aromatic heterocycles. The molecule has 1 aromatic rings. The first-order valence-corrected chi connectivity index (χ1v) is 7.48. The fourth-order valence-corrected chi connectivity index (χ4v) is 2.00. The van der Waals surface area contributed by atoms with Gasteiger partial charge in [0.15, 0.2) is 0 Å². The molecule has 0 bridgehead atoms. The lowest BCUT2D eigenvalue weighted by molar-refractivity contribution is 0.0167. The van der Waals surface area contributed by atoms with Gasteiger partial charge in [0.05, 0.1) is 17.7 Å². The van der Waals surface area contributed by atoms with Gasteiger partial charge in [-0.05, 0) is 30.9 Å². The van der Waals surface area contributed by atoms with Gasteiger partial charge in [0, 0.05) is 0 Å². The smallest absolute Gasteiger partial charge is 0.339 e. The average molecular weight is 292 g/mol. The van der Waals surface area contributed by atoms with Crippen molar-refractivity contribution in [2.24, 2.45) is 5.92 Å². The Morgan fingerprint density at radius 2 is 1.62 bits per heavy atom. The Balaban J connectivity index is 2.92. The van der Waals surface area contributed by atoms with Crippen molar-refractivity contribution in [2.45, 2.75) is 46.6 Å². The molecule has 1 atom stereocenters. The fraction of sp³-hybridized carbons (Fsp3) is 0.529. The van der Waals surface area contributed by atoms with Crippen molar-refractivity contribution in [2.75, 3.05) is 6.61 Å². The van der Waals surface area contributed by atoms with Crippen LogP contribution in [0.15, 0.2) is 24.3 Å². The van der Waals surface area contributed by atoms with E-state index in [9.17, 15) is 9.59 Å². The monoisotopic (exact) mass is 292 g/mol. The number of benzene rings is 1. The Morgan fingerprint density at radius 1 is 1.05 bits per heavy atom. The van der Waals surface area contributed by atoms with Crippen LogP contribution in [0.3, 0.4) is 0 Å². The van der Waals surface area contributed by atoms with Crippen molar-refractivity contribution in [3.05, 3.63) is 35.4 Å². The summed E-state index contributed by atoms with van der Waals surface area (Å²) >= 11 is 0. The van der Waals surface area contributed by atoms with E-state index in [0.717, 1.165) is 12.8 Å². The number of carbonyl (C=O) groups excluding carboxylic acids is 2. The Kier molecular flexibility index (Phi) is 6.92. The number of carbonyl (C=O) groups is 2. The quantitative estimate of drug-likeness (QED) is 0.716. The van der Waals surface area contributed by atoms with Crippen LogP contribution in [-0.4, -0.2) is 24.6 Å².